The van der Waals surface area contributed by atoms with Crippen LogP contribution in [0.5, 0.6) is 0 Å². The lowest BCUT2D eigenvalue weighted by Crippen LogP contribution is -2.23. The van der Waals surface area contributed by atoms with Crippen molar-refractivity contribution in [3.63, 3.8) is 0 Å². The quantitative estimate of drug-likeness (QED) is 0.535. The maximum atomic E-state index is 10.6. The van der Waals surface area contributed by atoms with Crippen LogP contribution in [0.1, 0.15) is 13.3 Å². The molecule has 1 aliphatic carbocycles. The molecule has 10 heavy (non-hydrogen) atoms. The number of hydrogen-bond acceptors (Lipinski definition) is 1. The van der Waals surface area contributed by atoms with Crippen LogP contribution in [0.4, 0.5) is 0 Å². The second kappa shape index (κ2) is 2.72. The second-order valence-corrected chi connectivity index (χ2v) is 2.72. The summed E-state index contributed by atoms with van der Waals surface area (Å²) in [4.78, 5) is 10.6. The monoisotopic (exact) mass is 137 g/mol. The fourth-order valence-electron chi connectivity index (χ4n) is 1.07. The first-order chi connectivity index (χ1) is 4.70. The number of carbonyl (C=O) groups excluding carboxylic acids is 1. The molecule has 0 fully saturated rings. The lowest BCUT2D eigenvalue weighted by atomic mass is 9.92. The molecule has 0 aromatic carbocycles. The first-order valence-electron chi connectivity index (χ1n) is 3.42. The van der Waals surface area contributed by atoms with Gasteiger partial charge in [0.1, 0.15) is 0 Å². The van der Waals surface area contributed by atoms with Crippen molar-refractivity contribution in [2.75, 3.05) is 0 Å². The SMILES string of the molecule is C[C@@H]1C=C=C[C@H](C(N)=O)C1. The first kappa shape index (κ1) is 7.10. The Kier molecular flexibility index (Phi) is 1.93. The maximum absolute atomic E-state index is 10.6. The Labute approximate surface area is 60.4 Å². The predicted octanol–water partition coefficient (Wildman–Crippen LogP) is 0.839. The fraction of sp³-hybridized carbons (Fsp3) is 0.500. The molecule has 0 radical (unpaired) electrons. The molecule has 2 heteroatoms. The minimum Gasteiger partial charge on any atom is -0.369 e. The molecule has 0 saturated carbocycles. The van der Waals surface area contributed by atoms with Crippen LogP contribution in [-0.2, 0) is 4.79 Å². The minimum absolute atomic E-state index is 0.0972. The summed E-state index contributed by atoms with van der Waals surface area (Å²) in [6.07, 6.45) is 4.53. The Bertz CT molecular complexity index is 201. The van der Waals surface area contributed by atoms with Crippen LogP contribution in [0.25, 0.3) is 0 Å². The Morgan fingerprint density at radius 3 is 2.80 bits per heavy atom. The number of primary amides is 1. The number of amides is 1. The molecule has 0 unspecified atom stereocenters. The van der Waals surface area contributed by atoms with Crippen LogP contribution in [0.15, 0.2) is 17.9 Å². The summed E-state index contributed by atoms with van der Waals surface area (Å²) in [7, 11) is 0. The molecule has 1 aliphatic rings. The van der Waals surface area contributed by atoms with Crippen molar-refractivity contribution in [1.29, 1.82) is 0 Å². The average molecular weight is 137 g/mol. The molecule has 2 N–H and O–H groups in total. The highest BCUT2D eigenvalue weighted by Gasteiger charge is 2.16. The van der Waals surface area contributed by atoms with Crippen molar-refractivity contribution in [1.82, 2.24) is 0 Å². The average Bonchev–Trinajstić information content (AvgIpc) is 1.88. The highest BCUT2D eigenvalue weighted by molar-refractivity contribution is 5.78. The Hall–Kier alpha value is -1.01. The lowest BCUT2D eigenvalue weighted by molar-refractivity contribution is -0.120. The van der Waals surface area contributed by atoms with Gasteiger partial charge >= 0.3 is 0 Å². The van der Waals surface area contributed by atoms with E-state index in [4.69, 9.17) is 5.73 Å². The van der Waals surface area contributed by atoms with Gasteiger partial charge in [-0.3, -0.25) is 4.79 Å². The van der Waals surface area contributed by atoms with E-state index in [1.807, 2.05) is 6.08 Å². The standard InChI is InChI=1S/C8H11NO/c1-6-3-2-4-7(5-6)8(9)10/h3-4,6-7H,5H2,1H3,(H2,9,10)/t6-,7+/m1/s1. The van der Waals surface area contributed by atoms with E-state index >= 15 is 0 Å². The summed E-state index contributed by atoms with van der Waals surface area (Å²) in [5.74, 6) is 0.0925. The van der Waals surface area contributed by atoms with Gasteiger partial charge in [0, 0.05) is 0 Å². The third kappa shape index (κ3) is 1.49. The van der Waals surface area contributed by atoms with Crippen molar-refractivity contribution in [2.45, 2.75) is 13.3 Å². The molecule has 2 nitrogen and oxygen atoms in total. The zero-order valence-electron chi connectivity index (χ0n) is 6.00. The Balaban J connectivity index is 2.68. The molecular formula is C8H11NO. The van der Waals surface area contributed by atoms with Gasteiger partial charge in [0.05, 0.1) is 5.92 Å². The summed E-state index contributed by atoms with van der Waals surface area (Å²) in [6.45, 7) is 2.05. The van der Waals surface area contributed by atoms with Crippen LogP contribution in [-0.4, -0.2) is 5.91 Å². The van der Waals surface area contributed by atoms with Crippen LogP contribution in [0, 0.1) is 11.8 Å². The highest BCUT2D eigenvalue weighted by Crippen LogP contribution is 2.17. The van der Waals surface area contributed by atoms with E-state index in [0.29, 0.717) is 5.92 Å². The van der Waals surface area contributed by atoms with Crippen molar-refractivity contribution >= 4 is 5.91 Å². The molecule has 0 spiro atoms. The number of hydrogen-bond donors (Lipinski definition) is 1. The van der Waals surface area contributed by atoms with Crippen LogP contribution in [0.2, 0.25) is 0 Å². The maximum Gasteiger partial charge on any atom is 0.225 e. The largest absolute Gasteiger partial charge is 0.369 e. The molecule has 0 heterocycles. The summed E-state index contributed by atoms with van der Waals surface area (Å²) in [5.41, 5.74) is 8.02. The molecule has 1 amide bonds. The van der Waals surface area contributed by atoms with Gasteiger partial charge in [-0.15, -0.1) is 5.73 Å². The summed E-state index contributed by atoms with van der Waals surface area (Å²) in [6, 6.07) is 0. The molecule has 0 aromatic rings. The van der Waals surface area contributed by atoms with Crippen molar-refractivity contribution in [2.24, 2.45) is 17.6 Å². The van der Waals surface area contributed by atoms with Crippen molar-refractivity contribution in [3.8, 4) is 0 Å². The topological polar surface area (TPSA) is 43.1 Å². The van der Waals surface area contributed by atoms with E-state index in [-0.39, 0.29) is 11.8 Å². The third-order valence-corrected chi connectivity index (χ3v) is 1.67. The molecule has 0 saturated heterocycles. The van der Waals surface area contributed by atoms with Gasteiger partial charge in [-0.05, 0) is 24.5 Å². The van der Waals surface area contributed by atoms with Gasteiger partial charge in [-0.2, -0.15) is 0 Å². The molecule has 0 aromatic heterocycles. The van der Waals surface area contributed by atoms with Gasteiger partial charge in [0.15, 0.2) is 0 Å². The van der Waals surface area contributed by atoms with E-state index in [2.05, 4.69) is 12.7 Å². The van der Waals surface area contributed by atoms with E-state index in [9.17, 15) is 4.79 Å². The van der Waals surface area contributed by atoms with E-state index in [0.717, 1.165) is 6.42 Å². The van der Waals surface area contributed by atoms with Crippen molar-refractivity contribution in [3.05, 3.63) is 17.9 Å². The van der Waals surface area contributed by atoms with Gasteiger partial charge in [0.2, 0.25) is 5.91 Å². The van der Waals surface area contributed by atoms with Gasteiger partial charge in [-0.25, -0.2) is 0 Å². The molecule has 1 rings (SSSR count). The smallest absolute Gasteiger partial charge is 0.225 e. The van der Waals surface area contributed by atoms with Crippen LogP contribution >= 0.6 is 0 Å². The van der Waals surface area contributed by atoms with Crippen molar-refractivity contribution < 1.29 is 4.79 Å². The number of carbonyl (C=O) groups is 1. The zero-order chi connectivity index (χ0) is 7.56. The molecular weight excluding hydrogens is 126 g/mol. The van der Waals surface area contributed by atoms with Crippen LogP contribution < -0.4 is 5.73 Å². The molecule has 0 aliphatic heterocycles. The predicted molar refractivity (Wildman–Crippen MR) is 39.1 cm³/mol. The lowest BCUT2D eigenvalue weighted by Gasteiger charge is -2.13. The van der Waals surface area contributed by atoms with Gasteiger partial charge < -0.3 is 5.73 Å². The number of rotatable bonds is 1. The zero-order valence-corrected chi connectivity index (χ0v) is 6.00. The molecule has 2 atom stereocenters. The number of nitrogens with two attached hydrogens (primary N) is 1. The third-order valence-electron chi connectivity index (χ3n) is 1.67. The summed E-state index contributed by atoms with van der Waals surface area (Å²) >= 11 is 0. The van der Waals surface area contributed by atoms with E-state index in [1.165, 1.54) is 0 Å². The van der Waals surface area contributed by atoms with Gasteiger partial charge in [0.25, 0.3) is 0 Å². The Morgan fingerprint density at radius 1 is 1.70 bits per heavy atom. The summed E-state index contributed by atoms with van der Waals surface area (Å²) < 4.78 is 0. The second-order valence-electron chi connectivity index (χ2n) is 2.72. The normalized spacial score (nSPS) is 30.5. The minimum atomic E-state index is -0.243. The Morgan fingerprint density at radius 2 is 2.40 bits per heavy atom. The van der Waals surface area contributed by atoms with Gasteiger partial charge in [-0.1, -0.05) is 6.92 Å². The first-order valence-corrected chi connectivity index (χ1v) is 3.42. The highest BCUT2D eigenvalue weighted by atomic mass is 16.1. The van der Waals surface area contributed by atoms with E-state index in [1.54, 1.807) is 6.08 Å². The molecule has 54 valence electrons. The fourth-order valence-corrected chi connectivity index (χ4v) is 1.07. The van der Waals surface area contributed by atoms with E-state index < -0.39 is 0 Å². The summed E-state index contributed by atoms with van der Waals surface area (Å²) in [5, 5.41) is 0. The van der Waals surface area contributed by atoms with Crippen LogP contribution in [0.3, 0.4) is 0 Å². The molecule has 0 bridgehead atoms.